The van der Waals surface area contributed by atoms with E-state index in [4.69, 9.17) is 0 Å². The van der Waals surface area contributed by atoms with Crippen LogP contribution in [0, 0.1) is 0 Å². The average molecular weight is 839 g/mol. The molecule has 0 saturated carbocycles. The molecule has 0 N–H and O–H groups in total. The van der Waals surface area contributed by atoms with Crippen LogP contribution >= 0.6 is 0 Å². The Hall–Kier alpha value is -8.72. The summed E-state index contributed by atoms with van der Waals surface area (Å²) < 4.78 is 2.44. The van der Waals surface area contributed by atoms with Crippen molar-refractivity contribution in [1.29, 1.82) is 0 Å². The Morgan fingerprint density at radius 3 is 1.48 bits per heavy atom. The zero-order chi connectivity index (χ0) is 43.6. The van der Waals surface area contributed by atoms with E-state index in [0.29, 0.717) is 0 Å². The molecule has 0 aliphatic rings. The molecule has 2 heteroatoms. The first-order chi connectivity index (χ1) is 32.7. The minimum atomic E-state index is 1.08. The third kappa shape index (κ3) is 6.26. The minimum absolute atomic E-state index is 1.08. The van der Waals surface area contributed by atoms with Crippen molar-refractivity contribution in [2.75, 3.05) is 4.90 Å². The van der Waals surface area contributed by atoms with Gasteiger partial charge in [-0.25, -0.2) is 0 Å². The molecule has 1 heterocycles. The highest BCUT2D eigenvalue weighted by Crippen LogP contribution is 2.48. The lowest BCUT2D eigenvalue weighted by Crippen LogP contribution is -2.10. The zero-order valence-electron chi connectivity index (χ0n) is 36.1. The number of anilines is 3. The summed E-state index contributed by atoms with van der Waals surface area (Å²) in [5.74, 6) is 0. The lowest BCUT2D eigenvalue weighted by molar-refractivity contribution is 1.18. The number of para-hydroxylation sites is 1. The molecular weight excluding hydrogens is 797 g/mol. The molecule has 0 saturated heterocycles. The van der Waals surface area contributed by atoms with Gasteiger partial charge < -0.3 is 9.47 Å². The van der Waals surface area contributed by atoms with Gasteiger partial charge in [-0.3, -0.25) is 0 Å². The number of fused-ring (bicyclic) bond motifs is 8. The lowest BCUT2D eigenvalue weighted by atomic mass is 9.85. The first-order valence-corrected chi connectivity index (χ1v) is 22.7. The van der Waals surface area contributed by atoms with Crippen LogP contribution in [0.1, 0.15) is 0 Å². The van der Waals surface area contributed by atoms with E-state index in [1.165, 1.54) is 87.2 Å². The predicted molar refractivity (Wildman–Crippen MR) is 282 cm³/mol. The number of nitrogens with zero attached hydrogens (tertiary/aromatic N) is 2. The molecule has 0 bridgehead atoms. The summed E-state index contributed by atoms with van der Waals surface area (Å²) >= 11 is 0. The van der Waals surface area contributed by atoms with Crippen molar-refractivity contribution in [1.82, 2.24) is 4.57 Å². The van der Waals surface area contributed by atoms with Crippen molar-refractivity contribution in [2.24, 2.45) is 0 Å². The number of benzene rings is 12. The predicted octanol–water partition coefficient (Wildman–Crippen LogP) is 17.9. The summed E-state index contributed by atoms with van der Waals surface area (Å²) in [6, 6.07) is 93.5. The van der Waals surface area contributed by atoms with Crippen molar-refractivity contribution in [2.45, 2.75) is 0 Å². The fourth-order valence-corrected chi connectivity index (χ4v) is 10.5. The maximum absolute atomic E-state index is 2.46. The van der Waals surface area contributed by atoms with Crippen molar-refractivity contribution in [3.8, 4) is 39.1 Å². The quantitative estimate of drug-likeness (QED) is 0.145. The van der Waals surface area contributed by atoms with Gasteiger partial charge >= 0.3 is 0 Å². The van der Waals surface area contributed by atoms with Gasteiger partial charge in [-0.05, 0) is 137 Å². The van der Waals surface area contributed by atoms with Crippen LogP contribution in [0.3, 0.4) is 0 Å². The average Bonchev–Trinajstić information content (AvgIpc) is 3.72. The van der Waals surface area contributed by atoms with Gasteiger partial charge in [-0.1, -0.05) is 194 Å². The molecule has 0 fully saturated rings. The van der Waals surface area contributed by atoms with E-state index < -0.39 is 0 Å². The van der Waals surface area contributed by atoms with Gasteiger partial charge in [-0.2, -0.15) is 0 Å². The molecule has 2 nitrogen and oxygen atoms in total. The van der Waals surface area contributed by atoms with Crippen LogP contribution in [0.25, 0.3) is 104 Å². The van der Waals surface area contributed by atoms with E-state index in [2.05, 4.69) is 264 Å². The van der Waals surface area contributed by atoms with Crippen LogP contribution in [-0.4, -0.2) is 4.57 Å². The second-order valence-electron chi connectivity index (χ2n) is 17.3. The Labute approximate surface area is 383 Å². The van der Waals surface area contributed by atoms with Gasteiger partial charge in [0.25, 0.3) is 0 Å². The fraction of sp³-hybridized carbons (Fsp3) is 0. The van der Waals surface area contributed by atoms with Gasteiger partial charge in [0.05, 0.1) is 11.0 Å². The van der Waals surface area contributed by atoms with Crippen LogP contribution in [0.2, 0.25) is 0 Å². The SMILES string of the molecule is c1ccc(-c2c(-c3ccccc3)c3cc(N(c4cccc(-c5ccc6ccccc6c5)c4)c4ccc5c6ccccc6n(-c6ccc7ccccc7c6)c5c4)ccc3c3ccccc23)cc1. The van der Waals surface area contributed by atoms with Crippen LogP contribution < -0.4 is 4.90 Å². The third-order valence-corrected chi connectivity index (χ3v) is 13.5. The Kier molecular flexibility index (Phi) is 8.89. The molecule has 0 unspecified atom stereocenters. The Bertz CT molecular complexity index is 3990. The van der Waals surface area contributed by atoms with Gasteiger partial charge in [-0.15, -0.1) is 0 Å². The smallest absolute Gasteiger partial charge is 0.0561 e. The summed E-state index contributed by atoms with van der Waals surface area (Å²) in [6.45, 7) is 0. The molecule has 13 rings (SSSR count). The molecule has 12 aromatic carbocycles. The number of hydrogen-bond donors (Lipinski definition) is 0. The summed E-state index contributed by atoms with van der Waals surface area (Å²) in [7, 11) is 0. The molecule has 0 radical (unpaired) electrons. The molecular formula is C64H42N2. The van der Waals surface area contributed by atoms with Crippen LogP contribution in [-0.2, 0) is 0 Å². The fourth-order valence-electron chi connectivity index (χ4n) is 10.5. The maximum Gasteiger partial charge on any atom is 0.0561 e. The van der Waals surface area contributed by atoms with E-state index >= 15 is 0 Å². The van der Waals surface area contributed by atoms with Crippen molar-refractivity contribution < 1.29 is 0 Å². The molecule has 0 aliphatic carbocycles. The van der Waals surface area contributed by atoms with Crippen molar-refractivity contribution in [3.05, 3.63) is 255 Å². The summed E-state index contributed by atoms with van der Waals surface area (Å²) in [4.78, 5) is 2.46. The van der Waals surface area contributed by atoms with Crippen LogP contribution in [0.4, 0.5) is 17.1 Å². The monoisotopic (exact) mass is 838 g/mol. The van der Waals surface area contributed by atoms with E-state index in [1.807, 2.05) is 0 Å². The molecule has 0 spiro atoms. The highest BCUT2D eigenvalue weighted by Gasteiger charge is 2.22. The van der Waals surface area contributed by atoms with Crippen molar-refractivity contribution >= 4 is 82.0 Å². The number of hydrogen-bond acceptors (Lipinski definition) is 1. The molecule has 66 heavy (non-hydrogen) atoms. The second-order valence-corrected chi connectivity index (χ2v) is 17.3. The first-order valence-electron chi connectivity index (χ1n) is 22.7. The molecule has 308 valence electrons. The van der Waals surface area contributed by atoms with E-state index in [1.54, 1.807) is 0 Å². The normalized spacial score (nSPS) is 11.6. The van der Waals surface area contributed by atoms with Crippen LogP contribution in [0.15, 0.2) is 255 Å². The Balaban J connectivity index is 1.09. The Morgan fingerprint density at radius 2 is 0.742 bits per heavy atom. The van der Waals surface area contributed by atoms with Gasteiger partial charge in [0.2, 0.25) is 0 Å². The standard InChI is InChI=1S/C64H42N2/c1-3-18-45(19-4-1)63-59-28-12-11-26-55(59)56-36-34-53(41-60(56)64(63)46-20-5-2-6-21-46)65(51-25-15-24-49(40-51)50-31-30-43-16-7-9-22-47(43)38-50)54-35-37-58-57-27-13-14-29-61(57)66(62(58)42-54)52-33-32-44-17-8-10-23-48(44)39-52/h1-42H. The highest BCUT2D eigenvalue weighted by atomic mass is 15.1. The van der Waals surface area contributed by atoms with Crippen LogP contribution in [0.5, 0.6) is 0 Å². The molecule has 13 aromatic rings. The zero-order valence-corrected chi connectivity index (χ0v) is 36.1. The molecule has 1 aromatic heterocycles. The largest absolute Gasteiger partial charge is 0.310 e. The van der Waals surface area contributed by atoms with E-state index in [0.717, 1.165) is 33.8 Å². The second kappa shape index (κ2) is 15.5. The molecule has 0 atom stereocenters. The Morgan fingerprint density at radius 1 is 0.242 bits per heavy atom. The summed E-state index contributed by atoms with van der Waals surface area (Å²) in [6.07, 6.45) is 0. The lowest BCUT2D eigenvalue weighted by Gasteiger charge is -2.27. The van der Waals surface area contributed by atoms with E-state index in [-0.39, 0.29) is 0 Å². The molecule has 0 aliphatic heterocycles. The van der Waals surface area contributed by atoms with Crippen molar-refractivity contribution in [3.63, 3.8) is 0 Å². The first kappa shape index (κ1) is 37.8. The summed E-state index contributed by atoms with van der Waals surface area (Å²) in [5.41, 5.74) is 13.9. The topological polar surface area (TPSA) is 8.17 Å². The highest BCUT2D eigenvalue weighted by molar-refractivity contribution is 6.22. The van der Waals surface area contributed by atoms with Gasteiger partial charge in [0.1, 0.15) is 0 Å². The maximum atomic E-state index is 2.46. The summed E-state index contributed by atoms with van der Waals surface area (Å²) in [5, 5.41) is 12.3. The van der Waals surface area contributed by atoms with Gasteiger partial charge in [0.15, 0.2) is 0 Å². The molecule has 0 amide bonds. The van der Waals surface area contributed by atoms with Gasteiger partial charge in [0, 0.05) is 33.5 Å². The number of aromatic nitrogens is 1. The minimum Gasteiger partial charge on any atom is -0.310 e. The third-order valence-electron chi connectivity index (χ3n) is 13.5. The number of rotatable bonds is 7. The van der Waals surface area contributed by atoms with E-state index in [9.17, 15) is 0 Å².